The Labute approximate surface area is 255 Å². The topological polar surface area (TPSA) is 148 Å². The standard InChI is InChI=1S/C32H34N8O4/c1-39(2)31(43)23-13-21(27-33-9-10-34-27)15-25(17-23)37-29(41)19-5-7-20(8-6-19)30(42)38-26-16-22(28-35-11-12-36-28)14-24(18-26)32(44)40(3)4/h5-8,13-18H,9-12H2,1-4H3,(H,33,34)(H,35,36)(H,37,41)(H,38,42). The lowest BCUT2D eigenvalue weighted by Crippen LogP contribution is -2.24. The minimum atomic E-state index is -0.400. The fourth-order valence-corrected chi connectivity index (χ4v) is 4.80. The van der Waals surface area contributed by atoms with E-state index < -0.39 is 11.8 Å². The van der Waals surface area contributed by atoms with Crippen LogP contribution < -0.4 is 21.3 Å². The van der Waals surface area contributed by atoms with Gasteiger partial charge in [0.1, 0.15) is 11.7 Å². The molecule has 4 N–H and O–H groups in total. The number of carbonyl (C=O) groups excluding carboxylic acids is 4. The number of hydrogen-bond acceptors (Lipinski definition) is 8. The first-order valence-corrected chi connectivity index (χ1v) is 14.1. The highest BCUT2D eigenvalue weighted by Crippen LogP contribution is 2.21. The summed E-state index contributed by atoms with van der Waals surface area (Å²) in [7, 11) is 6.65. The minimum absolute atomic E-state index is 0.201. The summed E-state index contributed by atoms with van der Waals surface area (Å²) in [4.78, 5) is 63.5. The fraction of sp³-hybridized carbons (Fsp3) is 0.250. The van der Waals surface area contributed by atoms with Crippen molar-refractivity contribution in [3.8, 4) is 0 Å². The minimum Gasteiger partial charge on any atom is -0.368 e. The van der Waals surface area contributed by atoms with E-state index in [1.54, 1.807) is 88.9 Å². The average molecular weight is 595 g/mol. The zero-order chi connectivity index (χ0) is 31.4. The van der Waals surface area contributed by atoms with Crippen LogP contribution in [-0.2, 0) is 0 Å². The highest BCUT2D eigenvalue weighted by molar-refractivity contribution is 6.10. The second-order valence-corrected chi connectivity index (χ2v) is 10.8. The Morgan fingerprint density at radius 3 is 1.30 bits per heavy atom. The Bertz CT molecular complexity index is 1570. The third-order valence-corrected chi connectivity index (χ3v) is 6.99. The van der Waals surface area contributed by atoms with Crippen molar-refractivity contribution >= 4 is 46.7 Å². The van der Waals surface area contributed by atoms with Crippen LogP contribution in [0.1, 0.15) is 52.6 Å². The molecule has 2 aliphatic heterocycles. The molecule has 3 aromatic carbocycles. The van der Waals surface area contributed by atoms with E-state index in [0.717, 1.165) is 0 Å². The molecule has 0 saturated carbocycles. The van der Waals surface area contributed by atoms with Crippen LogP contribution in [0.15, 0.2) is 70.6 Å². The van der Waals surface area contributed by atoms with Gasteiger partial charge >= 0.3 is 0 Å². The molecule has 2 heterocycles. The van der Waals surface area contributed by atoms with E-state index in [0.29, 0.717) is 82.6 Å². The number of benzene rings is 3. The smallest absolute Gasteiger partial charge is 0.255 e. The first-order chi connectivity index (χ1) is 21.1. The summed E-state index contributed by atoms with van der Waals surface area (Å²) in [5, 5.41) is 12.1. The van der Waals surface area contributed by atoms with Gasteiger partial charge in [0.25, 0.3) is 23.6 Å². The van der Waals surface area contributed by atoms with Gasteiger partial charge in [0.05, 0.1) is 13.1 Å². The molecule has 0 spiro atoms. The molecule has 2 aliphatic rings. The summed E-state index contributed by atoms with van der Waals surface area (Å²) in [6, 6.07) is 16.5. The number of nitrogens with zero attached hydrogens (tertiary/aromatic N) is 4. The molecule has 0 aliphatic carbocycles. The molecule has 3 aromatic rings. The van der Waals surface area contributed by atoms with Gasteiger partial charge < -0.3 is 31.1 Å². The Morgan fingerprint density at radius 2 is 0.977 bits per heavy atom. The Hall–Kier alpha value is -5.52. The zero-order valence-corrected chi connectivity index (χ0v) is 25.0. The predicted octanol–water partition coefficient (Wildman–Crippen LogP) is 2.29. The number of carbonyl (C=O) groups is 4. The predicted molar refractivity (Wildman–Crippen MR) is 170 cm³/mol. The zero-order valence-electron chi connectivity index (χ0n) is 25.0. The largest absolute Gasteiger partial charge is 0.368 e. The van der Waals surface area contributed by atoms with E-state index in [1.165, 1.54) is 9.80 Å². The second kappa shape index (κ2) is 12.8. The molecule has 0 radical (unpaired) electrons. The molecule has 44 heavy (non-hydrogen) atoms. The van der Waals surface area contributed by atoms with E-state index in [9.17, 15) is 19.2 Å². The average Bonchev–Trinajstić information content (AvgIpc) is 3.75. The van der Waals surface area contributed by atoms with Crippen LogP contribution in [0.2, 0.25) is 0 Å². The molecular formula is C32H34N8O4. The summed E-state index contributed by atoms with van der Waals surface area (Å²) in [5.74, 6) is 0.132. The molecule has 0 aromatic heterocycles. The van der Waals surface area contributed by atoms with Gasteiger partial charge in [-0.05, 0) is 60.7 Å². The van der Waals surface area contributed by atoms with Crippen molar-refractivity contribution in [2.45, 2.75) is 0 Å². The summed E-state index contributed by atoms with van der Waals surface area (Å²) >= 11 is 0. The van der Waals surface area contributed by atoms with Crippen molar-refractivity contribution in [2.24, 2.45) is 9.98 Å². The first kappa shape index (κ1) is 30.0. The Kier molecular flexibility index (Phi) is 8.70. The van der Waals surface area contributed by atoms with Gasteiger partial charge in [0.15, 0.2) is 0 Å². The highest BCUT2D eigenvalue weighted by atomic mass is 16.2. The van der Waals surface area contributed by atoms with Crippen molar-refractivity contribution < 1.29 is 19.2 Å². The van der Waals surface area contributed by atoms with Crippen molar-refractivity contribution in [3.05, 3.63) is 94.0 Å². The van der Waals surface area contributed by atoms with Crippen molar-refractivity contribution in [2.75, 3.05) is 65.0 Å². The third-order valence-electron chi connectivity index (χ3n) is 6.99. The quantitative estimate of drug-likeness (QED) is 0.315. The van der Waals surface area contributed by atoms with Crippen LogP contribution in [-0.4, -0.2) is 99.5 Å². The molecule has 0 fully saturated rings. The lowest BCUT2D eigenvalue weighted by atomic mass is 10.1. The van der Waals surface area contributed by atoms with Crippen LogP contribution in [0.4, 0.5) is 11.4 Å². The fourth-order valence-electron chi connectivity index (χ4n) is 4.80. The summed E-state index contributed by atoms with van der Waals surface area (Å²) < 4.78 is 0. The molecular weight excluding hydrogens is 560 g/mol. The molecule has 0 atom stereocenters. The van der Waals surface area contributed by atoms with Crippen molar-refractivity contribution in [1.82, 2.24) is 20.4 Å². The van der Waals surface area contributed by atoms with Gasteiger partial charge in [-0.25, -0.2) is 0 Å². The maximum Gasteiger partial charge on any atom is 0.255 e. The van der Waals surface area contributed by atoms with E-state index in [2.05, 4.69) is 31.3 Å². The lowest BCUT2D eigenvalue weighted by molar-refractivity contribution is 0.0820. The maximum atomic E-state index is 13.1. The van der Waals surface area contributed by atoms with Gasteiger partial charge in [0, 0.05) is 86.0 Å². The molecule has 12 nitrogen and oxygen atoms in total. The third kappa shape index (κ3) is 6.75. The second-order valence-electron chi connectivity index (χ2n) is 10.8. The summed E-state index contributed by atoms with van der Waals surface area (Å²) in [6.07, 6.45) is 0. The maximum absolute atomic E-state index is 13.1. The van der Waals surface area contributed by atoms with Crippen molar-refractivity contribution in [1.29, 1.82) is 0 Å². The van der Waals surface area contributed by atoms with E-state index in [-0.39, 0.29) is 11.8 Å². The van der Waals surface area contributed by atoms with E-state index >= 15 is 0 Å². The van der Waals surface area contributed by atoms with Crippen LogP contribution in [0.3, 0.4) is 0 Å². The van der Waals surface area contributed by atoms with Crippen LogP contribution in [0.5, 0.6) is 0 Å². The molecule has 5 rings (SSSR count). The molecule has 12 heteroatoms. The number of rotatable bonds is 8. The van der Waals surface area contributed by atoms with Gasteiger partial charge in [0.2, 0.25) is 0 Å². The van der Waals surface area contributed by atoms with Gasteiger partial charge in [-0.1, -0.05) is 0 Å². The number of anilines is 2. The molecule has 0 unspecified atom stereocenters. The van der Waals surface area contributed by atoms with Gasteiger partial charge in [-0.15, -0.1) is 0 Å². The monoisotopic (exact) mass is 594 g/mol. The molecule has 4 amide bonds. The molecule has 226 valence electrons. The number of aliphatic imine (C=N–C) groups is 2. The summed E-state index contributed by atoms with van der Waals surface area (Å²) in [5.41, 5.74) is 3.79. The van der Waals surface area contributed by atoms with Gasteiger partial charge in [-0.3, -0.25) is 29.2 Å². The first-order valence-electron chi connectivity index (χ1n) is 14.1. The Morgan fingerprint density at radius 1 is 0.591 bits per heavy atom. The van der Waals surface area contributed by atoms with E-state index in [1.807, 2.05) is 0 Å². The van der Waals surface area contributed by atoms with E-state index in [4.69, 9.17) is 0 Å². The molecule has 0 saturated heterocycles. The molecule has 0 bridgehead atoms. The van der Waals surface area contributed by atoms with Crippen LogP contribution in [0, 0.1) is 0 Å². The van der Waals surface area contributed by atoms with Gasteiger partial charge in [-0.2, -0.15) is 0 Å². The van der Waals surface area contributed by atoms with Crippen molar-refractivity contribution in [3.63, 3.8) is 0 Å². The SMILES string of the molecule is CN(C)C(=O)c1cc(NC(=O)c2ccc(C(=O)Nc3cc(C(=O)N(C)C)cc(C4=NCCN4)c3)cc2)cc(C2=NCCN2)c1. The number of amidine groups is 2. The normalized spacial score (nSPS) is 13.6. The number of hydrogen-bond donors (Lipinski definition) is 4. The lowest BCUT2D eigenvalue weighted by Gasteiger charge is -2.15. The van der Waals surface area contributed by atoms with Crippen LogP contribution >= 0.6 is 0 Å². The van der Waals surface area contributed by atoms with Crippen LogP contribution in [0.25, 0.3) is 0 Å². The highest BCUT2D eigenvalue weighted by Gasteiger charge is 2.19. The number of amides is 4. The number of nitrogens with one attached hydrogen (secondary N) is 4. The Balaban J connectivity index is 1.32. The summed E-state index contributed by atoms with van der Waals surface area (Å²) in [6.45, 7) is 2.68.